The second-order valence-electron chi connectivity index (χ2n) is 4.43. The summed E-state index contributed by atoms with van der Waals surface area (Å²) in [6.45, 7) is 1.61. The van der Waals surface area contributed by atoms with Gasteiger partial charge in [-0.15, -0.1) is 0 Å². The lowest BCUT2D eigenvalue weighted by Crippen LogP contribution is -2.26. The Morgan fingerprint density at radius 3 is 2.94 bits per heavy atom. The van der Waals surface area contributed by atoms with Gasteiger partial charge in [-0.1, -0.05) is 0 Å². The molecule has 1 N–H and O–H groups in total. The van der Waals surface area contributed by atoms with E-state index in [1.807, 2.05) is 11.8 Å². The Balaban J connectivity index is 2.24. The highest BCUT2D eigenvalue weighted by Gasteiger charge is 2.21. The van der Waals surface area contributed by atoms with Crippen LogP contribution in [0.1, 0.15) is 18.4 Å². The predicted molar refractivity (Wildman–Crippen MR) is 71.8 cm³/mol. The van der Waals surface area contributed by atoms with E-state index >= 15 is 0 Å². The summed E-state index contributed by atoms with van der Waals surface area (Å²) in [6, 6.07) is 2.74. The van der Waals surface area contributed by atoms with Gasteiger partial charge in [-0.25, -0.2) is 4.39 Å². The van der Waals surface area contributed by atoms with E-state index in [0.717, 1.165) is 30.4 Å². The van der Waals surface area contributed by atoms with Gasteiger partial charge in [-0.2, -0.15) is 11.8 Å². The number of nitro groups is 1. The molecule has 0 aliphatic carbocycles. The Bertz CT molecular complexity index is 462. The Labute approximate surface area is 109 Å². The van der Waals surface area contributed by atoms with Crippen LogP contribution in [0, 0.1) is 22.9 Å². The summed E-state index contributed by atoms with van der Waals surface area (Å²) in [5, 5.41) is 14.1. The van der Waals surface area contributed by atoms with Crippen molar-refractivity contribution in [1.29, 1.82) is 0 Å². The number of rotatable bonds is 3. The van der Waals surface area contributed by atoms with E-state index in [0.29, 0.717) is 11.3 Å². The molecule has 1 saturated heterocycles. The number of aryl methyl sites for hydroxylation is 1. The normalized spacial score (nSPS) is 19.6. The third-order valence-electron chi connectivity index (χ3n) is 2.99. The third-order valence-corrected chi connectivity index (χ3v) is 4.21. The molecule has 4 nitrogen and oxygen atoms in total. The third kappa shape index (κ3) is 2.93. The van der Waals surface area contributed by atoms with Crippen LogP contribution >= 0.6 is 11.8 Å². The van der Waals surface area contributed by atoms with Crippen LogP contribution in [0.4, 0.5) is 15.8 Å². The summed E-state index contributed by atoms with van der Waals surface area (Å²) in [5.74, 6) is 1.54. The second-order valence-corrected chi connectivity index (χ2v) is 5.58. The lowest BCUT2D eigenvalue weighted by molar-refractivity contribution is -0.384. The van der Waals surface area contributed by atoms with Crippen molar-refractivity contribution in [2.45, 2.75) is 25.8 Å². The van der Waals surface area contributed by atoms with Crippen molar-refractivity contribution >= 4 is 23.1 Å². The van der Waals surface area contributed by atoms with Gasteiger partial charge in [0, 0.05) is 11.8 Å². The number of hydrogen-bond acceptors (Lipinski definition) is 4. The molecule has 0 amide bonds. The number of benzene rings is 1. The van der Waals surface area contributed by atoms with Gasteiger partial charge in [0.25, 0.3) is 5.69 Å². The molecular weight excluding hydrogens is 255 g/mol. The van der Waals surface area contributed by atoms with E-state index in [-0.39, 0.29) is 11.7 Å². The Hall–Kier alpha value is -1.30. The molecular formula is C12H15FN2O2S. The van der Waals surface area contributed by atoms with Gasteiger partial charge in [0.15, 0.2) is 0 Å². The molecule has 1 aliphatic heterocycles. The molecule has 0 radical (unpaired) electrons. The zero-order valence-electron chi connectivity index (χ0n) is 10.1. The quantitative estimate of drug-likeness (QED) is 0.676. The SMILES string of the molecule is Cc1cc(NC2CCCSC2)c([N+](=O)[O-])cc1F. The van der Waals surface area contributed by atoms with Crippen LogP contribution in [0.2, 0.25) is 0 Å². The van der Waals surface area contributed by atoms with Crippen LogP contribution in [0.25, 0.3) is 0 Å². The molecule has 0 aromatic heterocycles. The molecule has 98 valence electrons. The lowest BCUT2D eigenvalue weighted by Gasteiger charge is -2.23. The lowest BCUT2D eigenvalue weighted by atomic mass is 10.1. The number of nitro benzene ring substituents is 1. The van der Waals surface area contributed by atoms with Gasteiger partial charge in [0.05, 0.1) is 11.0 Å². The molecule has 0 saturated carbocycles. The highest BCUT2D eigenvalue weighted by Crippen LogP contribution is 2.30. The maximum atomic E-state index is 13.4. The molecule has 2 rings (SSSR count). The van der Waals surface area contributed by atoms with Crippen molar-refractivity contribution < 1.29 is 9.31 Å². The van der Waals surface area contributed by atoms with Gasteiger partial charge in [-0.3, -0.25) is 10.1 Å². The topological polar surface area (TPSA) is 55.2 Å². The highest BCUT2D eigenvalue weighted by molar-refractivity contribution is 7.99. The van der Waals surface area contributed by atoms with E-state index in [1.54, 1.807) is 6.92 Å². The summed E-state index contributed by atoms with van der Waals surface area (Å²) in [6.07, 6.45) is 2.11. The highest BCUT2D eigenvalue weighted by atomic mass is 32.2. The summed E-state index contributed by atoms with van der Waals surface area (Å²) < 4.78 is 13.4. The maximum absolute atomic E-state index is 13.4. The van der Waals surface area contributed by atoms with Crippen molar-refractivity contribution in [2.24, 2.45) is 0 Å². The summed E-state index contributed by atoms with van der Waals surface area (Å²) >= 11 is 1.84. The second kappa shape index (κ2) is 5.56. The number of halogens is 1. The Morgan fingerprint density at radius 2 is 2.33 bits per heavy atom. The number of nitrogens with zero attached hydrogens (tertiary/aromatic N) is 1. The van der Waals surface area contributed by atoms with Crippen molar-refractivity contribution in [3.05, 3.63) is 33.6 Å². The Morgan fingerprint density at radius 1 is 1.56 bits per heavy atom. The van der Waals surface area contributed by atoms with Gasteiger partial charge < -0.3 is 5.32 Å². The first-order valence-corrected chi connectivity index (χ1v) is 7.02. The summed E-state index contributed by atoms with van der Waals surface area (Å²) in [7, 11) is 0. The van der Waals surface area contributed by atoms with Crippen LogP contribution in [0.5, 0.6) is 0 Å². The largest absolute Gasteiger partial charge is 0.376 e. The van der Waals surface area contributed by atoms with Crippen molar-refractivity contribution in [2.75, 3.05) is 16.8 Å². The summed E-state index contributed by atoms with van der Waals surface area (Å²) in [5.41, 5.74) is 0.659. The fraction of sp³-hybridized carbons (Fsp3) is 0.500. The van der Waals surface area contributed by atoms with Crippen LogP contribution < -0.4 is 5.32 Å². The molecule has 0 spiro atoms. The molecule has 1 aromatic carbocycles. The van der Waals surface area contributed by atoms with Crippen molar-refractivity contribution in [3.8, 4) is 0 Å². The van der Waals surface area contributed by atoms with Crippen LogP contribution in [0.3, 0.4) is 0 Å². The molecule has 1 aliphatic rings. The monoisotopic (exact) mass is 270 g/mol. The van der Waals surface area contributed by atoms with E-state index in [1.165, 1.54) is 6.07 Å². The van der Waals surface area contributed by atoms with Crippen LogP contribution in [-0.4, -0.2) is 22.5 Å². The number of anilines is 1. The van der Waals surface area contributed by atoms with Crippen molar-refractivity contribution in [3.63, 3.8) is 0 Å². The predicted octanol–water partition coefficient (Wildman–Crippen LogP) is 3.35. The number of hydrogen-bond donors (Lipinski definition) is 1. The number of thioether (sulfide) groups is 1. The van der Waals surface area contributed by atoms with Crippen LogP contribution in [-0.2, 0) is 0 Å². The summed E-state index contributed by atoms with van der Waals surface area (Å²) in [4.78, 5) is 10.4. The first-order valence-electron chi connectivity index (χ1n) is 5.86. The minimum Gasteiger partial charge on any atom is -0.376 e. The zero-order chi connectivity index (χ0) is 13.1. The van der Waals surface area contributed by atoms with Gasteiger partial charge >= 0.3 is 0 Å². The molecule has 6 heteroatoms. The number of nitrogens with one attached hydrogen (secondary N) is 1. The van der Waals surface area contributed by atoms with Gasteiger partial charge in [-0.05, 0) is 37.1 Å². The Kier molecular flexibility index (Phi) is 4.06. The first kappa shape index (κ1) is 13.1. The average Bonchev–Trinajstić information content (AvgIpc) is 2.34. The first-order chi connectivity index (χ1) is 8.58. The minimum atomic E-state index is -0.541. The molecule has 1 fully saturated rings. The van der Waals surface area contributed by atoms with E-state index < -0.39 is 10.7 Å². The standard InChI is InChI=1S/C12H15FN2O2S/c1-8-5-11(12(15(16)17)6-10(8)13)14-9-3-2-4-18-7-9/h5-6,9,14H,2-4,7H2,1H3. The maximum Gasteiger partial charge on any atom is 0.295 e. The van der Waals surface area contributed by atoms with E-state index in [2.05, 4.69) is 5.32 Å². The molecule has 1 aromatic rings. The van der Waals surface area contributed by atoms with E-state index in [9.17, 15) is 14.5 Å². The fourth-order valence-electron chi connectivity index (χ4n) is 2.01. The molecule has 1 unspecified atom stereocenters. The molecule has 1 atom stereocenters. The van der Waals surface area contributed by atoms with Crippen molar-refractivity contribution in [1.82, 2.24) is 0 Å². The minimum absolute atomic E-state index is 0.186. The van der Waals surface area contributed by atoms with Crippen LogP contribution in [0.15, 0.2) is 12.1 Å². The van der Waals surface area contributed by atoms with Gasteiger partial charge in [0.2, 0.25) is 0 Å². The average molecular weight is 270 g/mol. The van der Waals surface area contributed by atoms with Gasteiger partial charge in [0.1, 0.15) is 11.5 Å². The smallest absolute Gasteiger partial charge is 0.295 e. The molecule has 1 heterocycles. The van der Waals surface area contributed by atoms with E-state index in [4.69, 9.17) is 0 Å². The molecule has 18 heavy (non-hydrogen) atoms. The zero-order valence-corrected chi connectivity index (χ0v) is 10.9. The molecule has 0 bridgehead atoms. The fourth-order valence-corrected chi connectivity index (χ4v) is 3.08.